The summed E-state index contributed by atoms with van der Waals surface area (Å²) in [5.41, 5.74) is -0.0337. The Bertz CT molecular complexity index is 1050. The summed E-state index contributed by atoms with van der Waals surface area (Å²) in [4.78, 5) is 18.7. The molecule has 1 aromatic heterocycles. The number of sulfonamides is 1. The van der Waals surface area contributed by atoms with Crippen LogP contribution in [0.25, 0.3) is 0 Å². The summed E-state index contributed by atoms with van der Waals surface area (Å²) in [5.74, 6) is 0.674. The highest BCUT2D eigenvalue weighted by Crippen LogP contribution is 2.21. The highest BCUT2D eigenvalue weighted by Gasteiger charge is 2.31. The second kappa shape index (κ2) is 8.12. The molecular weight excluding hydrogens is 378 g/mol. The van der Waals surface area contributed by atoms with Crippen molar-refractivity contribution >= 4 is 15.8 Å². The van der Waals surface area contributed by atoms with Crippen LogP contribution in [-0.2, 0) is 16.6 Å². The molecule has 1 aromatic carbocycles. The molecule has 0 amide bonds. The Morgan fingerprint density at radius 3 is 2.50 bits per heavy atom. The normalized spacial score (nSPS) is 15.6. The summed E-state index contributed by atoms with van der Waals surface area (Å²) in [5, 5.41) is 9.20. The predicted octanol–water partition coefficient (Wildman–Crippen LogP) is 1.28. The number of anilines is 1. The van der Waals surface area contributed by atoms with Gasteiger partial charge in [0.05, 0.1) is 10.5 Å². The third kappa shape index (κ3) is 3.93. The molecule has 0 atom stereocenters. The van der Waals surface area contributed by atoms with E-state index < -0.39 is 10.0 Å². The van der Waals surface area contributed by atoms with Crippen LogP contribution in [0.3, 0.4) is 0 Å². The van der Waals surface area contributed by atoms with Gasteiger partial charge in [-0.15, -0.1) is 0 Å². The van der Waals surface area contributed by atoms with Gasteiger partial charge in [0.25, 0.3) is 5.56 Å². The van der Waals surface area contributed by atoms with Gasteiger partial charge < -0.3 is 9.47 Å². The van der Waals surface area contributed by atoms with Crippen molar-refractivity contribution in [1.82, 2.24) is 13.9 Å². The Labute approximate surface area is 164 Å². The van der Waals surface area contributed by atoms with E-state index in [1.54, 1.807) is 29.1 Å². The van der Waals surface area contributed by atoms with Gasteiger partial charge in [-0.05, 0) is 18.1 Å². The number of hydrogen-bond donors (Lipinski definition) is 0. The molecule has 2 aromatic rings. The van der Waals surface area contributed by atoms with E-state index in [0.717, 1.165) is 0 Å². The summed E-state index contributed by atoms with van der Waals surface area (Å²) in [7, 11) is -3.76. The zero-order valence-corrected chi connectivity index (χ0v) is 16.8. The summed E-state index contributed by atoms with van der Waals surface area (Å²) in [6, 6.07) is 8.12. The number of nitriles is 1. The zero-order chi connectivity index (χ0) is 20.3. The number of piperazine rings is 1. The molecule has 1 fully saturated rings. The fourth-order valence-electron chi connectivity index (χ4n) is 3.25. The van der Waals surface area contributed by atoms with E-state index in [1.165, 1.54) is 16.4 Å². The minimum absolute atomic E-state index is 0.0167. The Morgan fingerprint density at radius 1 is 1.18 bits per heavy atom. The van der Waals surface area contributed by atoms with Gasteiger partial charge in [-0.2, -0.15) is 9.57 Å². The Morgan fingerprint density at radius 2 is 1.86 bits per heavy atom. The molecule has 148 valence electrons. The lowest BCUT2D eigenvalue weighted by molar-refractivity contribution is 0.382. The third-order valence-electron chi connectivity index (χ3n) is 4.62. The zero-order valence-electron chi connectivity index (χ0n) is 15.9. The second-order valence-corrected chi connectivity index (χ2v) is 9.01. The second-order valence-electron chi connectivity index (χ2n) is 7.10. The van der Waals surface area contributed by atoms with Gasteiger partial charge in [0.1, 0.15) is 6.07 Å². The van der Waals surface area contributed by atoms with Crippen LogP contribution in [0.15, 0.2) is 46.3 Å². The highest BCUT2D eigenvalue weighted by atomic mass is 32.2. The van der Waals surface area contributed by atoms with Crippen LogP contribution < -0.4 is 10.5 Å². The van der Waals surface area contributed by atoms with Crippen LogP contribution in [-0.4, -0.2) is 48.5 Å². The van der Waals surface area contributed by atoms with Crippen molar-refractivity contribution in [3.05, 3.63) is 52.6 Å². The fourth-order valence-corrected chi connectivity index (χ4v) is 4.82. The molecule has 0 radical (unpaired) electrons. The van der Waals surface area contributed by atoms with Crippen molar-refractivity contribution in [3.63, 3.8) is 0 Å². The molecule has 1 aliphatic rings. The average molecular weight is 401 g/mol. The average Bonchev–Trinajstić information content (AvgIpc) is 2.69. The molecule has 28 heavy (non-hydrogen) atoms. The number of benzene rings is 1. The lowest BCUT2D eigenvalue weighted by Gasteiger charge is -2.34. The Hall–Kier alpha value is -2.70. The monoisotopic (exact) mass is 401 g/mol. The first-order valence-electron chi connectivity index (χ1n) is 9.14. The molecule has 1 saturated heterocycles. The molecule has 3 rings (SSSR count). The van der Waals surface area contributed by atoms with Crippen molar-refractivity contribution in [2.75, 3.05) is 31.1 Å². The van der Waals surface area contributed by atoms with Crippen molar-refractivity contribution in [3.8, 4) is 6.07 Å². The molecule has 0 N–H and O–H groups in total. The van der Waals surface area contributed by atoms with Gasteiger partial charge >= 0.3 is 0 Å². The lowest BCUT2D eigenvalue weighted by atomic mass is 10.2. The van der Waals surface area contributed by atoms with E-state index in [0.29, 0.717) is 31.4 Å². The number of rotatable bonds is 5. The maximum atomic E-state index is 12.9. The summed E-state index contributed by atoms with van der Waals surface area (Å²) in [6.07, 6.45) is 3.27. The van der Waals surface area contributed by atoms with Crippen LogP contribution in [0, 0.1) is 17.2 Å². The van der Waals surface area contributed by atoms with E-state index in [-0.39, 0.29) is 29.1 Å². The van der Waals surface area contributed by atoms with Crippen LogP contribution in [0.2, 0.25) is 0 Å². The number of hydrogen-bond acceptors (Lipinski definition) is 6. The van der Waals surface area contributed by atoms with E-state index in [4.69, 9.17) is 0 Å². The first kappa shape index (κ1) is 20.0. The van der Waals surface area contributed by atoms with E-state index in [2.05, 4.69) is 4.98 Å². The SMILES string of the molecule is CC(C)Cn1ccnc(N2CCN(S(=O)(=O)c3ccccc3C#N)CC2)c1=O. The van der Waals surface area contributed by atoms with Crippen LogP contribution in [0.4, 0.5) is 5.82 Å². The van der Waals surface area contributed by atoms with Gasteiger partial charge in [-0.3, -0.25) is 4.79 Å². The summed E-state index contributed by atoms with van der Waals surface area (Å²) in [6.45, 7) is 5.85. The lowest BCUT2D eigenvalue weighted by Crippen LogP contribution is -2.50. The van der Waals surface area contributed by atoms with Gasteiger partial charge in [0.2, 0.25) is 10.0 Å². The van der Waals surface area contributed by atoms with Crippen molar-refractivity contribution in [2.24, 2.45) is 5.92 Å². The molecule has 0 bridgehead atoms. The third-order valence-corrected chi connectivity index (χ3v) is 6.58. The Balaban J connectivity index is 1.78. The molecule has 0 unspecified atom stereocenters. The molecule has 2 heterocycles. The molecule has 0 aliphatic carbocycles. The molecular formula is C19H23N5O3S. The van der Waals surface area contributed by atoms with Crippen molar-refractivity contribution in [2.45, 2.75) is 25.3 Å². The van der Waals surface area contributed by atoms with Gasteiger partial charge in [-0.1, -0.05) is 26.0 Å². The summed E-state index contributed by atoms with van der Waals surface area (Å²) >= 11 is 0. The molecule has 1 aliphatic heterocycles. The molecule has 0 saturated carbocycles. The van der Waals surface area contributed by atoms with Crippen LogP contribution >= 0.6 is 0 Å². The number of nitrogens with zero attached hydrogens (tertiary/aromatic N) is 5. The van der Waals surface area contributed by atoms with Gasteiger partial charge in [0.15, 0.2) is 5.82 Å². The fraction of sp³-hybridized carbons (Fsp3) is 0.421. The highest BCUT2D eigenvalue weighted by molar-refractivity contribution is 7.89. The first-order valence-corrected chi connectivity index (χ1v) is 10.6. The van der Waals surface area contributed by atoms with E-state index >= 15 is 0 Å². The molecule has 0 spiro atoms. The standard InChI is InChI=1S/C19H23N5O3S/c1-15(2)14-23-8-7-21-18(19(23)25)22-9-11-24(12-10-22)28(26,27)17-6-4-3-5-16(17)13-20/h3-8,15H,9-12,14H2,1-2H3. The maximum absolute atomic E-state index is 12.9. The van der Waals surface area contributed by atoms with E-state index in [1.807, 2.05) is 24.8 Å². The van der Waals surface area contributed by atoms with Gasteiger partial charge in [0, 0.05) is 45.1 Å². The van der Waals surface area contributed by atoms with Gasteiger partial charge in [-0.25, -0.2) is 13.4 Å². The van der Waals surface area contributed by atoms with E-state index in [9.17, 15) is 18.5 Å². The number of aromatic nitrogens is 2. The quantitative estimate of drug-likeness (QED) is 0.748. The largest absolute Gasteiger partial charge is 0.349 e. The topological polar surface area (TPSA) is 99.3 Å². The summed E-state index contributed by atoms with van der Waals surface area (Å²) < 4.78 is 28.8. The van der Waals surface area contributed by atoms with Crippen LogP contribution in [0.5, 0.6) is 0 Å². The Kier molecular flexibility index (Phi) is 5.82. The maximum Gasteiger partial charge on any atom is 0.293 e. The molecule has 9 heteroatoms. The first-order chi connectivity index (χ1) is 13.3. The minimum Gasteiger partial charge on any atom is -0.349 e. The van der Waals surface area contributed by atoms with Crippen molar-refractivity contribution < 1.29 is 8.42 Å². The van der Waals surface area contributed by atoms with Crippen LogP contribution in [0.1, 0.15) is 19.4 Å². The minimum atomic E-state index is -3.76. The smallest absolute Gasteiger partial charge is 0.293 e. The molecule has 8 nitrogen and oxygen atoms in total. The predicted molar refractivity (Wildman–Crippen MR) is 105 cm³/mol. The van der Waals surface area contributed by atoms with Crippen molar-refractivity contribution in [1.29, 1.82) is 5.26 Å².